The first-order chi connectivity index (χ1) is 29.4. The molecule has 352 valence electrons. The third kappa shape index (κ3) is 29.5. The van der Waals surface area contributed by atoms with Crippen LogP contribution in [0.3, 0.4) is 0 Å². The fraction of sp³-hybridized carbons (Fsp3) is 0.745. The Hall–Kier alpha value is -2.45. The largest absolute Gasteiger partial charge is 0.472 e. The van der Waals surface area contributed by atoms with Crippen LogP contribution in [-0.4, -0.2) is 98.3 Å². The predicted molar refractivity (Wildman–Crippen MR) is 239 cm³/mol. The molecule has 6 unspecified atom stereocenters. The normalized spacial score (nSPS) is 22.6. The molecule has 6 N–H and O–H groups in total. The van der Waals surface area contributed by atoms with E-state index in [0.29, 0.717) is 19.3 Å². The Morgan fingerprint density at radius 1 is 0.508 bits per heavy atom. The molecule has 0 bridgehead atoms. The van der Waals surface area contributed by atoms with E-state index in [-0.39, 0.29) is 12.8 Å². The molecule has 0 aromatic rings. The van der Waals surface area contributed by atoms with Crippen molar-refractivity contribution in [3.8, 4) is 0 Å². The van der Waals surface area contributed by atoms with Crippen LogP contribution in [0.2, 0.25) is 0 Å². The number of hydrogen-bond donors (Lipinski definition) is 6. The van der Waals surface area contributed by atoms with Gasteiger partial charge >= 0.3 is 19.8 Å². The molecular formula is C47H81O13P. The molecule has 0 aliphatic heterocycles. The van der Waals surface area contributed by atoms with Crippen molar-refractivity contribution in [2.45, 2.75) is 211 Å². The lowest BCUT2D eigenvalue weighted by atomic mass is 9.85. The molecule has 13 nitrogen and oxygen atoms in total. The maximum Gasteiger partial charge on any atom is 0.472 e. The van der Waals surface area contributed by atoms with E-state index >= 15 is 0 Å². The number of esters is 2. The maximum atomic E-state index is 12.8. The summed E-state index contributed by atoms with van der Waals surface area (Å²) in [5, 5.41) is 50.1. The molecular weight excluding hydrogens is 803 g/mol. The second kappa shape index (κ2) is 37.0. The molecule has 0 aromatic heterocycles. The average Bonchev–Trinajstić information content (AvgIpc) is 3.24. The summed E-state index contributed by atoms with van der Waals surface area (Å²) in [6, 6.07) is 0. The van der Waals surface area contributed by atoms with Crippen molar-refractivity contribution >= 4 is 19.8 Å². The Bertz CT molecular complexity index is 1300. The lowest BCUT2D eigenvalue weighted by Crippen LogP contribution is -2.64. The van der Waals surface area contributed by atoms with Gasteiger partial charge < -0.3 is 39.9 Å². The van der Waals surface area contributed by atoms with Crippen LogP contribution in [-0.2, 0) is 32.7 Å². The van der Waals surface area contributed by atoms with Gasteiger partial charge in [-0.2, -0.15) is 0 Å². The van der Waals surface area contributed by atoms with Gasteiger partial charge in [-0.3, -0.25) is 18.6 Å². The molecule has 0 spiro atoms. The van der Waals surface area contributed by atoms with E-state index in [2.05, 4.69) is 62.5 Å². The minimum atomic E-state index is -5.13. The first-order valence-electron chi connectivity index (χ1n) is 23.1. The zero-order chi connectivity index (χ0) is 45.0. The number of aliphatic hydroxyl groups excluding tert-OH is 5. The van der Waals surface area contributed by atoms with Crippen molar-refractivity contribution < 1.29 is 63.1 Å². The molecule has 1 aliphatic rings. The summed E-state index contributed by atoms with van der Waals surface area (Å²) in [6.07, 6.45) is 31.4. The Morgan fingerprint density at radius 2 is 0.902 bits per heavy atom. The van der Waals surface area contributed by atoms with Crippen LogP contribution in [0.5, 0.6) is 0 Å². The smallest absolute Gasteiger partial charge is 0.462 e. The molecule has 1 saturated carbocycles. The van der Waals surface area contributed by atoms with Crippen molar-refractivity contribution in [2.24, 2.45) is 0 Å². The summed E-state index contributed by atoms with van der Waals surface area (Å²) in [4.78, 5) is 35.7. The van der Waals surface area contributed by atoms with Gasteiger partial charge in [-0.1, -0.05) is 139 Å². The van der Waals surface area contributed by atoms with Crippen molar-refractivity contribution in [1.29, 1.82) is 0 Å². The Labute approximate surface area is 366 Å². The topological polar surface area (TPSA) is 210 Å². The summed E-state index contributed by atoms with van der Waals surface area (Å²) >= 11 is 0. The van der Waals surface area contributed by atoms with Gasteiger partial charge in [0.15, 0.2) is 6.10 Å². The van der Waals surface area contributed by atoms with E-state index in [1.54, 1.807) is 0 Å². The third-order valence-electron chi connectivity index (χ3n) is 10.3. The number of phosphoric acid groups is 1. The van der Waals surface area contributed by atoms with Crippen LogP contribution in [0.1, 0.15) is 168 Å². The van der Waals surface area contributed by atoms with Gasteiger partial charge in [-0.05, 0) is 77.0 Å². The highest BCUT2D eigenvalue weighted by Gasteiger charge is 2.51. The molecule has 0 aromatic carbocycles. The summed E-state index contributed by atoms with van der Waals surface area (Å²) < 4.78 is 33.4. The number of hydrogen-bond acceptors (Lipinski definition) is 12. The predicted octanol–water partition coefficient (Wildman–Crippen LogP) is 8.94. The van der Waals surface area contributed by atoms with Gasteiger partial charge in [0, 0.05) is 12.8 Å². The molecule has 8 atom stereocenters. The summed E-state index contributed by atoms with van der Waals surface area (Å²) in [7, 11) is -5.13. The summed E-state index contributed by atoms with van der Waals surface area (Å²) in [5.74, 6) is -1.18. The van der Waals surface area contributed by atoms with Crippen LogP contribution in [0.4, 0.5) is 0 Å². The highest BCUT2D eigenvalue weighted by molar-refractivity contribution is 7.47. The molecule has 1 fully saturated rings. The zero-order valence-corrected chi connectivity index (χ0v) is 38.1. The highest BCUT2D eigenvalue weighted by atomic mass is 31.2. The molecule has 0 amide bonds. The van der Waals surface area contributed by atoms with E-state index in [9.17, 15) is 44.6 Å². The number of allylic oxidation sites excluding steroid dienone is 10. The number of rotatable bonds is 37. The van der Waals surface area contributed by atoms with E-state index in [0.717, 1.165) is 64.2 Å². The first-order valence-corrected chi connectivity index (χ1v) is 24.6. The van der Waals surface area contributed by atoms with E-state index in [1.807, 2.05) is 12.2 Å². The Morgan fingerprint density at radius 3 is 1.44 bits per heavy atom. The van der Waals surface area contributed by atoms with Gasteiger partial charge in [0.05, 0.1) is 6.61 Å². The number of aliphatic hydroxyl groups is 5. The van der Waals surface area contributed by atoms with Gasteiger partial charge in [0.2, 0.25) is 0 Å². The summed E-state index contributed by atoms with van der Waals surface area (Å²) in [5.41, 5.74) is 0. The lowest BCUT2D eigenvalue weighted by molar-refractivity contribution is -0.220. The van der Waals surface area contributed by atoms with Gasteiger partial charge in [-0.15, -0.1) is 0 Å². The van der Waals surface area contributed by atoms with Crippen molar-refractivity contribution in [2.75, 3.05) is 13.2 Å². The molecule has 0 saturated heterocycles. The van der Waals surface area contributed by atoms with Gasteiger partial charge in [0.25, 0.3) is 0 Å². The Kier molecular flexibility index (Phi) is 34.3. The number of unbranched alkanes of at least 4 members (excludes halogenated alkanes) is 15. The molecule has 61 heavy (non-hydrogen) atoms. The number of carbonyl (C=O) groups excluding carboxylic acids is 2. The number of carbonyl (C=O) groups is 2. The average molecular weight is 885 g/mol. The van der Waals surface area contributed by atoms with Crippen molar-refractivity contribution in [1.82, 2.24) is 0 Å². The van der Waals surface area contributed by atoms with Crippen LogP contribution >= 0.6 is 7.82 Å². The lowest BCUT2D eigenvalue weighted by Gasteiger charge is -2.41. The SMILES string of the molecule is CCCCC/C=C/C/C=C/C/C=C/C/C=C/CCCC(=O)OC[C@@H](COP(=O)(O)OC1C(O)C(O)C(O)[C@H](O)C1O)OC(=O)CCCCCCC/C=C/CCCCCCCC. The van der Waals surface area contributed by atoms with Crippen LogP contribution in [0, 0.1) is 0 Å². The molecule has 1 aliphatic carbocycles. The van der Waals surface area contributed by atoms with E-state index in [4.69, 9.17) is 18.5 Å². The van der Waals surface area contributed by atoms with Crippen LogP contribution < -0.4 is 0 Å². The summed E-state index contributed by atoms with van der Waals surface area (Å²) in [6.45, 7) is 3.20. The minimum Gasteiger partial charge on any atom is -0.462 e. The Balaban J connectivity index is 2.52. The van der Waals surface area contributed by atoms with Gasteiger partial charge in [0.1, 0.15) is 43.2 Å². The highest BCUT2D eigenvalue weighted by Crippen LogP contribution is 2.47. The minimum absolute atomic E-state index is 0.0729. The number of ether oxygens (including phenoxy) is 2. The van der Waals surface area contributed by atoms with Crippen LogP contribution in [0.25, 0.3) is 0 Å². The molecule has 0 radical (unpaired) electrons. The van der Waals surface area contributed by atoms with E-state index < -0.39 is 75.7 Å². The fourth-order valence-electron chi connectivity index (χ4n) is 6.57. The van der Waals surface area contributed by atoms with Crippen molar-refractivity contribution in [3.05, 3.63) is 60.8 Å². The molecule has 1 rings (SSSR count). The van der Waals surface area contributed by atoms with Crippen molar-refractivity contribution in [3.63, 3.8) is 0 Å². The van der Waals surface area contributed by atoms with Gasteiger partial charge in [-0.25, -0.2) is 4.57 Å². The second-order valence-corrected chi connectivity index (χ2v) is 17.3. The second-order valence-electron chi connectivity index (χ2n) is 15.9. The standard InChI is InChI=1S/C47H81O13P/c1-3-5-7-9-11-13-15-17-19-20-22-23-25-27-29-31-33-35-40(48)57-37-39(38-58-61(55,56)60-47-45(53)43(51)42(50)44(52)46(47)54)59-41(49)36-34-32-30-28-26-24-21-18-16-14-12-10-8-6-4-2/h11,13,17-19,21-23,27,29,39,42-47,50-54H,3-10,12,14-16,20,24-26,28,30-38H2,1-2H3,(H,55,56)/b13-11+,19-17+,21-18+,23-22+,29-27+/t39-,42?,43-,44?,45?,46?,47?/m0/s1. The van der Waals surface area contributed by atoms with Crippen LogP contribution in [0.15, 0.2) is 60.8 Å². The molecule has 0 heterocycles. The maximum absolute atomic E-state index is 12.8. The third-order valence-corrected chi connectivity index (χ3v) is 11.3. The fourth-order valence-corrected chi connectivity index (χ4v) is 7.54. The zero-order valence-electron chi connectivity index (χ0n) is 37.2. The molecule has 14 heteroatoms. The monoisotopic (exact) mass is 885 g/mol. The first kappa shape index (κ1) is 56.6. The van der Waals surface area contributed by atoms with E-state index in [1.165, 1.54) is 57.8 Å². The quantitative estimate of drug-likeness (QED) is 0.0149. The number of phosphoric ester groups is 1.